The normalized spacial score (nSPS) is 16.4. The number of nitrogen functional groups attached to an aromatic ring is 1. The first kappa shape index (κ1) is 61.3. The van der Waals surface area contributed by atoms with Gasteiger partial charge in [0.1, 0.15) is 0 Å². The Labute approximate surface area is 512 Å². The summed E-state index contributed by atoms with van der Waals surface area (Å²) in [6.07, 6.45) is 20.0. The molecular weight excluding hydrogens is 1170 g/mol. The van der Waals surface area contributed by atoms with Crippen LogP contribution in [0.15, 0.2) is 146 Å². The number of allylic oxidation sites excluding steroid dienone is 2. The highest BCUT2D eigenvalue weighted by atomic mass is 79.9. The van der Waals surface area contributed by atoms with Gasteiger partial charge in [-0.15, -0.1) is 0 Å². The average Bonchev–Trinajstić information content (AvgIpc) is 4.62. The van der Waals surface area contributed by atoms with E-state index in [2.05, 4.69) is 76.7 Å². The first-order valence-corrected chi connectivity index (χ1v) is 30.0. The number of alkyl halides is 1. The van der Waals surface area contributed by atoms with Crippen molar-refractivity contribution in [2.24, 2.45) is 0 Å². The number of nitrogens with one attached hydrogen (secondary N) is 6. The smallest absolute Gasteiger partial charge is 0.253 e. The molecule has 4 aliphatic rings. The van der Waals surface area contributed by atoms with Gasteiger partial charge in [-0.05, 0) is 143 Å². The van der Waals surface area contributed by atoms with Crippen LogP contribution in [0.4, 0.5) is 34.6 Å². The number of rotatable bonds is 14. The number of carbonyl (C=O) groups is 4. The number of para-hydroxylation sites is 2. The fraction of sp³-hybridized carbons (Fsp3) is 0.281. The molecule has 4 aromatic heterocycles. The minimum absolute atomic E-state index is 0.0157. The number of aromatic nitrogens is 6. The lowest BCUT2D eigenvalue weighted by atomic mass is 10.1. The highest BCUT2D eigenvalue weighted by Gasteiger charge is 2.30. The van der Waals surface area contributed by atoms with Gasteiger partial charge in [0.15, 0.2) is 0 Å². The van der Waals surface area contributed by atoms with Crippen LogP contribution in [0.2, 0.25) is 0 Å². The van der Waals surface area contributed by atoms with E-state index in [1.54, 1.807) is 78.0 Å². The molecule has 0 radical (unpaired) electrons. The van der Waals surface area contributed by atoms with E-state index < -0.39 is 5.24 Å². The Balaban J connectivity index is 0.000000176. The molecule has 86 heavy (non-hydrogen) atoms. The standard InChI is InChI=1S/C32H32N8O2.C24H21N7O.C4H4BrClO.C4H9N/c1-33-28-20-35-32(38-30(28)26-19-34-27-8-3-2-7-25(26)27)37-24-14-18-40(21-24)31(42)22-10-12-23(13-11-22)36-29(41)9-6-17-39-15-4-5-16-39;1-26-21-13-28-24(30-22(21)19-12-27-20-5-3-2-4-18(19)20)29-17-10-11-31(14-17)23(32)15-6-8-16(25)9-7-15;5-3-1-2-4(6)7;1-2-4-5-3-1/h2-3,6-13,19-20,24,34H,4-5,14-18,21H2,(H,36,41)(H,35,37,38);2-9,12-13,17,27H,10-11,14,25H2,(H,28,29,30);1-2H,3H2;5H,1-4H2/b9-6+;;2-1+;/t24-;17-;;/m11../s1. The Morgan fingerprint density at radius 2 is 1.16 bits per heavy atom. The van der Waals surface area contributed by atoms with Crippen molar-refractivity contribution < 1.29 is 19.2 Å². The Kier molecular flexibility index (Phi) is 21.8. The summed E-state index contributed by atoms with van der Waals surface area (Å²) in [6.45, 7) is 22.9. The Morgan fingerprint density at radius 3 is 1.62 bits per heavy atom. The number of fused-ring (bicyclic) bond motifs is 2. The number of amides is 3. The fourth-order valence-corrected chi connectivity index (χ4v) is 10.7. The molecule has 2 atom stereocenters. The van der Waals surface area contributed by atoms with Crippen molar-refractivity contribution in [3.05, 3.63) is 180 Å². The summed E-state index contributed by atoms with van der Waals surface area (Å²) in [5.74, 6) is 0.617. The number of benzene rings is 4. The minimum atomic E-state index is -0.431. The zero-order valence-electron chi connectivity index (χ0n) is 47.3. The quantitative estimate of drug-likeness (QED) is 0.0176. The Morgan fingerprint density at radius 1 is 0.663 bits per heavy atom. The lowest BCUT2D eigenvalue weighted by Gasteiger charge is -2.18. The predicted octanol–water partition coefficient (Wildman–Crippen LogP) is 11.2. The van der Waals surface area contributed by atoms with Crippen LogP contribution >= 0.6 is 27.5 Å². The molecule has 0 spiro atoms. The molecule has 0 bridgehead atoms. The molecule has 8 aromatic rings. The number of nitrogens with zero attached hydrogens (tertiary/aromatic N) is 9. The Bertz CT molecular complexity index is 3780. The first-order valence-electron chi connectivity index (χ1n) is 28.5. The molecule has 22 heteroatoms. The van der Waals surface area contributed by atoms with Crippen molar-refractivity contribution in [2.75, 3.05) is 85.9 Å². The average molecular weight is 1240 g/mol. The van der Waals surface area contributed by atoms with Crippen molar-refractivity contribution in [1.29, 1.82) is 0 Å². The number of aromatic amines is 2. The minimum Gasteiger partial charge on any atom is -0.399 e. The van der Waals surface area contributed by atoms with Gasteiger partial charge >= 0.3 is 0 Å². The number of hydrogen-bond donors (Lipinski definition) is 7. The van der Waals surface area contributed by atoms with E-state index in [9.17, 15) is 19.2 Å². The summed E-state index contributed by atoms with van der Waals surface area (Å²) >= 11 is 7.99. The van der Waals surface area contributed by atoms with Crippen molar-refractivity contribution in [1.82, 2.24) is 49.9 Å². The molecule has 12 rings (SSSR count). The Hall–Kier alpha value is -9.25. The molecule has 8 heterocycles. The van der Waals surface area contributed by atoms with E-state index in [1.807, 2.05) is 71.9 Å². The summed E-state index contributed by atoms with van der Waals surface area (Å²) < 4.78 is 0. The third-order valence-corrected chi connectivity index (χ3v) is 15.3. The van der Waals surface area contributed by atoms with Gasteiger partial charge in [-0.25, -0.2) is 29.6 Å². The molecule has 8 N–H and O–H groups in total. The maximum atomic E-state index is 13.2. The van der Waals surface area contributed by atoms with E-state index in [0.717, 1.165) is 65.4 Å². The molecule has 0 saturated carbocycles. The second-order valence-electron chi connectivity index (χ2n) is 20.8. The second-order valence-corrected chi connectivity index (χ2v) is 21.8. The zero-order chi connectivity index (χ0) is 60.2. The maximum absolute atomic E-state index is 13.2. The molecule has 4 saturated heterocycles. The van der Waals surface area contributed by atoms with Crippen LogP contribution in [0.5, 0.6) is 0 Å². The third-order valence-electron chi connectivity index (χ3n) is 14.8. The van der Waals surface area contributed by atoms with Gasteiger partial charge in [-0.1, -0.05) is 64.5 Å². The predicted molar refractivity (Wildman–Crippen MR) is 344 cm³/mol. The lowest BCUT2D eigenvalue weighted by molar-refractivity contribution is -0.112. The van der Waals surface area contributed by atoms with Crippen molar-refractivity contribution >= 4 is 107 Å². The van der Waals surface area contributed by atoms with Crippen LogP contribution < -0.4 is 27.0 Å². The molecule has 4 aromatic carbocycles. The number of hydrogen-bond acceptors (Lipinski definition) is 13. The number of halogens is 2. The number of anilines is 4. The molecule has 3 amide bonds. The van der Waals surface area contributed by atoms with E-state index >= 15 is 0 Å². The van der Waals surface area contributed by atoms with E-state index in [1.165, 1.54) is 44.8 Å². The van der Waals surface area contributed by atoms with Crippen LogP contribution in [0, 0.1) is 13.1 Å². The van der Waals surface area contributed by atoms with Crippen LogP contribution in [0.25, 0.3) is 54.0 Å². The molecule has 440 valence electrons. The lowest BCUT2D eigenvalue weighted by Crippen LogP contribution is -2.31. The zero-order valence-corrected chi connectivity index (χ0v) is 49.7. The highest BCUT2D eigenvalue weighted by molar-refractivity contribution is 9.09. The van der Waals surface area contributed by atoms with Gasteiger partial charge in [0.05, 0.1) is 24.5 Å². The summed E-state index contributed by atoms with van der Waals surface area (Å²) in [7, 11) is 0. The van der Waals surface area contributed by atoms with Gasteiger partial charge < -0.3 is 46.8 Å². The van der Waals surface area contributed by atoms with Crippen molar-refractivity contribution in [3.8, 4) is 22.5 Å². The van der Waals surface area contributed by atoms with Gasteiger partial charge in [0.2, 0.25) is 34.4 Å². The fourth-order valence-electron chi connectivity index (χ4n) is 10.4. The summed E-state index contributed by atoms with van der Waals surface area (Å²) in [5.41, 5.74) is 13.8. The van der Waals surface area contributed by atoms with Gasteiger partial charge in [-0.3, -0.25) is 24.1 Å². The molecular formula is C64H66BrClN16O4. The molecule has 20 nitrogen and oxygen atoms in total. The van der Waals surface area contributed by atoms with Crippen molar-refractivity contribution in [2.45, 2.75) is 50.6 Å². The molecule has 4 aliphatic heterocycles. The van der Waals surface area contributed by atoms with Crippen LogP contribution in [0.1, 0.15) is 59.2 Å². The summed E-state index contributed by atoms with van der Waals surface area (Å²) in [5, 5.41) is 15.0. The number of nitrogens with two attached hydrogens (primary N) is 1. The third kappa shape index (κ3) is 16.5. The first-order chi connectivity index (χ1) is 42.0. The van der Waals surface area contributed by atoms with Gasteiger partial charge in [0.25, 0.3) is 11.8 Å². The molecule has 4 fully saturated rings. The number of carbonyl (C=O) groups excluding carboxylic acids is 4. The largest absolute Gasteiger partial charge is 0.399 e. The topological polar surface area (TPSA) is 244 Å². The van der Waals surface area contributed by atoms with Crippen LogP contribution in [-0.4, -0.2) is 144 Å². The van der Waals surface area contributed by atoms with E-state index in [-0.39, 0.29) is 29.8 Å². The summed E-state index contributed by atoms with van der Waals surface area (Å²) in [4.78, 5) is 85.8. The van der Waals surface area contributed by atoms with E-state index in [0.29, 0.717) is 88.7 Å². The maximum Gasteiger partial charge on any atom is 0.253 e. The monoisotopic (exact) mass is 1240 g/mol. The van der Waals surface area contributed by atoms with Crippen LogP contribution in [0.3, 0.4) is 0 Å². The van der Waals surface area contributed by atoms with E-state index in [4.69, 9.17) is 35.5 Å². The van der Waals surface area contributed by atoms with Gasteiger partial charge in [-0.2, -0.15) is 0 Å². The highest BCUT2D eigenvalue weighted by Crippen LogP contribution is 2.36. The van der Waals surface area contributed by atoms with Gasteiger partial charge in [0, 0.05) is 136 Å². The number of likely N-dealkylation sites (tertiary alicyclic amines) is 3. The molecule has 0 unspecified atom stereocenters. The SMILES string of the molecule is C1CCNC1.O=C(Cl)/C=C/CBr.[C-]#[N+]c1cnc(N[C@@H]2CCN(C(=O)c3ccc(N)cc3)C2)nc1-c1c[nH]c2ccccc12.[C-]#[N+]c1cnc(N[C@@H]2CCN(C(=O)c3ccc(NC(=O)/C=C/CN4CCCC4)cc3)C2)nc1-c1c[nH]c2ccccc12. The number of H-pyrrole nitrogens is 2. The summed E-state index contributed by atoms with van der Waals surface area (Å²) in [6, 6.07) is 29.8. The van der Waals surface area contributed by atoms with Crippen molar-refractivity contribution in [3.63, 3.8) is 0 Å². The second kappa shape index (κ2) is 30.5. The molecule has 0 aliphatic carbocycles. The van der Waals surface area contributed by atoms with Crippen LogP contribution in [-0.2, 0) is 9.59 Å².